The van der Waals surface area contributed by atoms with Gasteiger partial charge in [-0.25, -0.2) is 0 Å². The summed E-state index contributed by atoms with van der Waals surface area (Å²) in [5.41, 5.74) is 2.91. The molecule has 0 saturated heterocycles. The molecule has 0 aromatic heterocycles. The van der Waals surface area contributed by atoms with Crippen LogP contribution in [0, 0.1) is 5.41 Å². The van der Waals surface area contributed by atoms with Crippen molar-refractivity contribution < 1.29 is 4.79 Å². The number of hydrogen-bond donors (Lipinski definition) is 3. The minimum Gasteiger partial charge on any atom is -0.382 e. The van der Waals surface area contributed by atoms with Crippen molar-refractivity contribution in [1.29, 1.82) is 0 Å². The standard InChI is InChI=1S/C16H23N3O/c1-16(2)8-4-7-13(16)19-15(20)11-5-3-6-12-14(11)18-10-9-17-12/h3,5-6,13,17-18H,4,7-10H2,1-2H3,(H,19,20). The molecule has 1 aliphatic heterocycles. The van der Waals surface area contributed by atoms with Gasteiger partial charge in [-0.3, -0.25) is 4.79 Å². The van der Waals surface area contributed by atoms with Crippen LogP contribution in [0.5, 0.6) is 0 Å². The van der Waals surface area contributed by atoms with E-state index in [1.165, 1.54) is 12.8 Å². The number of rotatable bonds is 2. The summed E-state index contributed by atoms with van der Waals surface area (Å²) >= 11 is 0. The van der Waals surface area contributed by atoms with Crippen LogP contribution >= 0.6 is 0 Å². The summed E-state index contributed by atoms with van der Waals surface area (Å²) in [7, 11) is 0. The lowest BCUT2D eigenvalue weighted by atomic mass is 9.87. The summed E-state index contributed by atoms with van der Waals surface area (Å²) < 4.78 is 0. The normalized spacial score (nSPS) is 23.4. The molecule has 2 aliphatic rings. The zero-order valence-corrected chi connectivity index (χ0v) is 12.3. The van der Waals surface area contributed by atoms with Crippen molar-refractivity contribution in [3.63, 3.8) is 0 Å². The molecule has 1 saturated carbocycles. The Hall–Kier alpha value is -1.71. The van der Waals surface area contributed by atoms with Gasteiger partial charge in [-0.05, 0) is 30.4 Å². The van der Waals surface area contributed by atoms with E-state index in [9.17, 15) is 4.79 Å². The fraction of sp³-hybridized carbons (Fsp3) is 0.562. The van der Waals surface area contributed by atoms with Gasteiger partial charge in [0.1, 0.15) is 0 Å². The van der Waals surface area contributed by atoms with Crippen molar-refractivity contribution in [3.05, 3.63) is 23.8 Å². The molecule has 1 atom stereocenters. The van der Waals surface area contributed by atoms with E-state index in [0.717, 1.165) is 36.4 Å². The van der Waals surface area contributed by atoms with Gasteiger partial charge in [-0.1, -0.05) is 26.3 Å². The second kappa shape index (κ2) is 5.00. The molecule has 3 N–H and O–H groups in total. The van der Waals surface area contributed by atoms with Crippen molar-refractivity contribution in [1.82, 2.24) is 5.32 Å². The molecule has 1 aromatic rings. The van der Waals surface area contributed by atoms with Crippen molar-refractivity contribution in [2.45, 2.75) is 39.2 Å². The lowest BCUT2D eigenvalue weighted by Gasteiger charge is -2.29. The highest BCUT2D eigenvalue weighted by atomic mass is 16.1. The first-order valence-electron chi connectivity index (χ1n) is 7.49. The van der Waals surface area contributed by atoms with Gasteiger partial charge in [0.15, 0.2) is 0 Å². The van der Waals surface area contributed by atoms with Crippen LogP contribution in [0.1, 0.15) is 43.5 Å². The molecule has 20 heavy (non-hydrogen) atoms. The van der Waals surface area contributed by atoms with E-state index in [-0.39, 0.29) is 17.4 Å². The summed E-state index contributed by atoms with van der Waals surface area (Å²) in [6.45, 7) is 6.23. The minimum atomic E-state index is 0.0398. The van der Waals surface area contributed by atoms with Gasteiger partial charge >= 0.3 is 0 Å². The Kier molecular flexibility index (Phi) is 3.32. The first-order valence-corrected chi connectivity index (χ1v) is 7.49. The molecule has 1 fully saturated rings. The third-order valence-electron chi connectivity index (χ3n) is 4.61. The summed E-state index contributed by atoms with van der Waals surface area (Å²) in [5, 5.41) is 9.89. The molecule has 108 valence electrons. The minimum absolute atomic E-state index is 0.0398. The van der Waals surface area contributed by atoms with E-state index in [4.69, 9.17) is 0 Å². The van der Waals surface area contributed by atoms with Gasteiger partial charge in [0.25, 0.3) is 5.91 Å². The van der Waals surface area contributed by atoms with E-state index in [0.29, 0.717) is 0 Å². The second-order valence-electron chi connectivity index (χ2n) is 6.49. The van der Waals surface area contributed by atoms with Crippen molar-refractivity contribution in [3.8, 4) is 0 Å². The van der Waals surface area contributed by atoms with E-state index in [1.54, 1.807) is 0 Å². The average Bonchev–Trinajstić information content (AvgIpc) is 2.77. The Morgan fingerprint density at radius 3 is 2.85 bits per heavy atom. The maximum Gasteiger partial charge on any atom is 0.253 e. The van der Waals surface area contributed by atoms with Gasteiger partial charge in [0.2, 0.25) is 0 Å². The van der Waals surface area contributed by atoms with Crippen molar-refractivity contribution in [2.75, 3.05) is 23.7 Å². The van der Waals surface area contributed by atoms with E-state index >= 15 is 0 Å². The number of fused-ring (bicyclic) bond motifs is 1. The van der Waals surface area contributed by atoms with Crippen LogP contribution < -0.4 is 16.0 Å². The maximum atomic E-state index is 12.6. The maximum absolute atomic E-state index is 12.6. The third kappa shape index (κ3) is 2.35. The summed E-state index contributed by atoms with van der Waals surface area (Å²) in [6.07, 6.45) is 3.47. The summed E-state index contributed by atoms with van der Waals surface area (Å²) in [6, 6.07) is 6.13. The second-order valence-corrected chi connectivity index (χ2v) is 6.49. The van der Waals surface area contributed by atoms with Crippen LogP contribution in [0.3, 0.4) is 0 Å². The number of benzene rings is 1. The lowest BCUT2D eigenvalue weighted by molar-refractivity contribution is 0.0911. The molecule has 0 bridgehead atoms. The molecular weight excluding hydrogens is 250 g/mol. The fourth-order valence-electron chi connectivity index (χ4n) is 3.29. The lowest BCUT2D eigenvalue weighted by Crippen LogP contribution is -2.41. The molecule has 1 aromatic carbocycles. The molecule has 0 radical (unpaired) electrons. The number of nitrogens with one attached hydrogen (secondary N) is 3. The SMILES string of the molecule is CC1(C)CCCC1NC(=O)c1cccc2c1NCCN2. The van der Waals surface area contributed by atoms with E-state index < -0.39 is 0 Å². The highest BCUT2D eigenvalue weighted by molar-refractivity contribution is 6.03. The summed E-state index contributed by atoms with van der Waals surface area (Å²) in [5.74, 6) is 0.0398. The highest BCUT2D eigenvalue weighted by Crippen LogP contribution is 2.37. The monoisotopic (exact) mass is 273 g/mol. The number of carbonyl (C=O) groups is 1. The molecular formula is C16H23N3O. The third-order valence-corrected chi connectivity index (χ3v) is 4.61. The number of anilines is 2. The number of para-hydroxylation sites is 1. The van der Waals surface area contributed by atoms with Crippen LogP contribution in [0.15, 0.2) is 18.2 Å². The molecule has 0 spiro atoms. The number of hydrogen-bond acceptors (Lipinski definition) is 3. The molecule has 4 heteroatoms. The molecule has 3 rings (SSSR count). The van der Waals surface area contributed by atoms with Crippen LogP contribution in [-0.2, 0) is 0 Å². The highest BCUT2D eigenvalue weighted by Gasteiger charge is 2.35. The van der Waals surface area contributed by atoms with E-state index in [2.05, 4.69) is 29.8 Å². The predicted octanol–water partition coefficient (Wildman–Crippen LogP) is 2.83. The molecule has 4 nitrogen and oxygen atoms in total. The van der Waals surface area contributed by atoms with E-state index in [1.807, 2.05) is 18.2 Å². The van der Waals surface area contributed by atoms with Crippen LogP contribution in [-0.4, -0.2) is 25.0 Å². The molecule has 1 amide bonds. The number of amides is 1. The Morgan fingerprint density at radius 1 is 1.30 bits per heavy atom. The van der Waals surface area contributed by atoms with Gasteiger partial charge in [0, 0.05) is 19.1 Å². The zero-order valence-electron chi connectivity index (χ0n) is 12.3. The number of carbonyl (C=O) groups excluding carboxylic acids is 1. The Bertz CT molecular complexity index is 524. The average molecular weight is 273 g/mol. The summed E-state index contributed by atoms with van der Waals surface area (Å²) in [4.78, 5) is 12.6. The molecule has 1 heterocycles. The van der Waals surface area contributed by atoms with Gasteiger partial charge in [-0.2, -0.15) is 0 Å². The molecule has 1 unspecified atom stereocenters. The predicted molar refractivity (Wildman–Crippen MR) is 82.3 cm³/mol. The smallest absolute Gasteiger partial charge is 0.253 e. The van der Waals surface area contributed by atoms with Gasteiger partial charge < -0.3 is 16.0 Å². The quantitative estimate of drug-likeness (QED) is 0.776. The molecule has 1 aliphatic carbocycles. The van der Waals surface area contributed by atoms with Crippen LogP contribution in [0.2, 0.25) is 0 Å². The Labute approximate surface area is 120 Å². The van der Waals surface area contributed by atoms with Crippen molar-refractivity contribution >= 4 is 17.3 Å². The largest absolute Gasteiger partial charge is 0.382 e. The van der Waals surface area contributed by atoms with Crippen LogP contribution in [0.4, 0.5) is 11.4 Å². The van der Waals surface area contributed by atoms with Gasteiger partial charge in [0.05, 0.1) is 16.9 Å². The first-order chi connectivity index (χ1) is 9.58. The first kappa shape index (κ1) is 13.3. The fourth-order valence-corrected chi connectivity index (χ4v) is 3.29. The Balaban J connectivity index is 1.81. The van der Waals surface area contributed by atoms with Crippen LogP contribution in [0.25, 0.3) is 0 Å². The zero-order chi connectivity index (χ0) is 14.2. The van der Waals surface area contributed by atoms with Gasteiger partial charge in [-0.15, -0.1) is 0 Å². The van der Waals surface area contributed by atoms with Crippen molar-refractivity contribution in [2.24, 2.45) is 5.41 Å². The topological polar surface area (TPSA) is 53.2 Å². The Morgan fingerprint density at radius 2 is 2.10 bits per heavy atom.